The average molecular weight is 222 g/mol. The number of benzene rings is 1. The molecule has 1 aromatic carbocycles. The molecule has 1 rings (SSSR count). The Morgan fingerprint density at radius 3 is 2.62 bits per heavy atom. The lowest BCUT2D eigenvalue weighted by Crippen LogP contribution is -2.30. The number of aryl methyl sites for hydroxylation is 1. The summed E-state index contributed by atoms with van der Waals surface area (Å²) in [6.45, 7) is 5.53. The Labute approximate surface area is 98.2 Å². The summed E-state index contributed by atoms with van der Waals surface area (Å²) >= 11 is 0. The van der Waals surface area contributed by atoms with Crippen molar-refractivity contribution in [3.05, 3.63) is 29.8 Å². The Bertz CT molecular complexity index is 294. The summed E-state index contributed by atoms with van der Waals surface area (Å²) in [5.74, 6) is 0. The van der Waals surface area contributed by atoms with Gasteiger partial charge in [-0.25, -0.2) is 0 Å². The minimum absolute atomic E-state index is 0.732. The van der Waals surface area contributed by atoms with Crippen LogP contribution < -0.4 is 10.6 Å². The summed E-state index contributed by atoms with van der Waals surface area (Å²) in [6, 6.07) is 8.43. The molecule has 0 aliphatic heterocycles. The fourth-order valence-corrected chi connectivity index (χ4v) is 1.75. The number of methoxy groups -OCH3 is 1. The number of nitrogens with two attached hydrogens (primary N) is 1. The van der Waals surface area contributed by atoms with Crippen LogP contribution in [-0.4, -0.2) is 33.4 Å². The summed E-state index contributed by atoms with van der Waals surface area (Å²) in [7, 11) is 1.74. The lowest BCUT2D eigenvalue weighted by Gasteiger charge is -2.26. The first-order chi connectivity index (χ1) is 7.79. The van der Waals surface area contributed by atoms with Crippen LogP contribution in [0.2, 0.25) is 0 Å². The van der Waals surface area contributed by atoms with Crippen LogP contribution in [0.15, 0.2) is 24.3 Å². The number of rotatable bonds is 7. The van der Waals surface area contributed by atoms with Crippen LogP contribution in [0, 0.1) is 6.92 Å². The number of anilines is 1. The van der Waals surface area contributed by atoms with E-state index in [0.29, 0.717) is 0 Å². The Kier molecular flexibility index (Phi) is 5.90. The van der Waals surface area contributed by atoms with E-state index in [-0.39, 0.29) is 0 Å². The van der Waals surface area contributed by atoms with Crippen LogP contribution in [0.4, 0.5) is 5.69 Å². The maximum absolute atomic E-state index is 5.56. The molecule has 0 spiro atoms. The second-order valence-corrected chi connectivity index (χ2v) is 3.91. The van der Waals surface area contributed by atoms with Crippen molar-refractivity contribution in [2.75, 3.05) is 38.3 Å². The van der Waals surface area contributed by atoms with Crippen LogP contribution in [-0.2, 0) is 4.74 Å². The lowest BCUT2D eigenvalue weighted by molar-refractivity contribution is 0.205. The largest absolute Gasteiger partial charge is 0.383 e. The third kappa shape index (κ3) is 3.83. The summed E-state index contributed by atoms with van der Waals surface area (Å²) in [5.41, 5.74) is 8.15. The van der Waals surface area contributed by atoms with Crippen molar-refractivity contribution < 1.29 is 4.74 Å². The molecular formula is C13H22N2O. The predicted molar refractivity (Wildman–Crippen MR) is 68.9 cm³/mol. The highest BCUT2D eigenvalue weighted by Gasteiger charge is 2.07. The molecule has 0 saturated heterocycles. The third-order valence-electron chi connectivity index (χ3n) is 2.65. The predicted octanol–water partition coefficient (Wildman–Crippen LogP) is 1.80. The number of ether oxygens (including phenoxy) is 1. The fourth-order valence-electron chi connectivity index (χ4n) is 1.75. The van der Waals surface area contributed by atoms with Gasteiger partial charge in [0, 0.05) is 25.9 Å². The quantitative estimate of drug-likeness (QED) is 0.764. The van der Waals surface area contributed by atoms with Gasteiger partial charge in [-0.05, 0) is 31.5 Å². The summed E-state index contributed by atoms with van der Waals surface area (Å²) in [5, 5.41) is 0. The van der Waals surface area contributed by atoms with Gasteiger partial charge < -0.3 is 15.4 Å². The molecule has 0 bridgehead atoms. The van der Waals surface area contributed by atoms with Gasteiger partial charge >= 0.3 is 0 Å². The molecule has 0 aromatic heterocycles. The standard InChI is InChI=1S/C13H22N2O/c1-12-6-3-4-7-13(12)15(9-5-8-14)10-11-16-2/h3-4,6-7H,5,8-11,14H2,1-2H3. The topological polar surface area (TPSA) is 38.5 Å². The van der Waals surface area contributed by atoms with Gasteiger partial charge in [0.25, 0.3) is 0 Å². The number of hydrogen-bond acceptors (Lipinski definition) is 3. The van der Waals surface area contributed by atoms with Crippen molar-refractivity contribution in [3.8, 4) is 0 Å². The summed E-state index contributed by atoms with van der Waals surface area (Å²) in [6.07, 6.45) is 1.01. The summed E-state index contributed by atoms with van der Waals surface area (Å²) < 4.78 is 5.14. The molecule has 1 aromatic rings. The molecule has 90 valence electrons. The molecule has 0 fully saturated rings. The lowest BCUT2D eigenvalue weighted by atomic mass is 10.1. The van der Waals surface area contributed by atoms with Crippen molar-refractivity contribution in [2.45, 2.75) is 13.3 Å². The minimum atomic E-state index is 0.732. The van der Waals surface area contributed by atoms with E-state index in [1.165, 1.54) is 11.3 Å². The molecule has 0 aliphatic rings. The van der Waals surface area contributed by atoms with Gasteiger partial charge in [0.15, 0.2) is 0 Å². The van der Waals surface area contributed by atoms with Crippen LogP contribution in [0.5, 0.6) is 0 Å². The molecule has 0 radical (unpaired) electrons. The van der Waals surface area contributed by atoms with Gasteiger partial charge in [0.1, 0.15) is 0 Å². The molecule has 16 heavy (non-hydrogen) atoms. The average Bonchev–Trinajstić information content (AvgIpc) is 2.31. The highest BCUT2D eigenvalue weighted by Crippen LogP contribution is 2.19. The van der Waals surface area contributed by atoms with E-state index < -0.39 is 0 Å². The van der Waals surface area contributed by atoms with Gasteiger partial charge in [0.2, 0.25) is 0 Å². The van der Waals surface area contributed by atoms with Crippen molar-refractivity contribution in [3.63, 3.8) is 0 Å². The van der Waals surface area contributed by atoms with E-state index in [1.807, 2.05) is 0 Å². The zero-order valence-electron chi connectivity index (χ0n) is 10.3. The van der Waals surface area contributed by atoms with Crippen LogP contribution >= 0.6 is 0 Å². The minimum Gasteiger partial charge on any atom is -0.383 e. The molecular weight excluding hydrogens is 200 g/mol. The molecule has 0 heterocycles. The van der Waals surface area contributed by atoms with Crippen molar-refractivity contribution >= 4 is 5.69 Å². The number of hydrogen-bond donors (Lipinski definition) is 1. The molecule has 0 amide bonds. The Hall–Kier alpha value is -1.06. The van der Waals surface area contributed by atoms with Crippen molar-refractivity contribution in [1.29, 1.82) is 0 Å². The first-order valence-corrected chi connectivity index (χ1v) is 5.79. The van der Waals surface area contributed by atoms with Gasteiger partial charge in [-0.2, -0.15) is 0 Å². The maximum atomic E-state index is 5.56. The van der Waals surface area contributed by atoms with Crippen molar-refractivity contribution in [1.82, 2.24) is 0 Å². The Morgan fingerprint density at radius 2 is 2.00 bits per heavy atom. The van der Waals surface area contributed by atoms with E-state index in [1.54, 1.807) is 7.11 Å². The monoisotopic (exact) mass is 222 g/mol. The Morgan fingerprint density at radius 1 is 1.25 bits per heavy atom. The van der Waals surface area contributed by atoms with Crippen LogP contribution in [0.1, 0.15) is 12.0 Å². The molecule has 0 unspecified atom stereocenters. The highest BCUT2D eigenvalue weighted by atomic mass is 16.5. The van der Waals surface area contributed by atoms with E-state index in [9.17, 15) is 0 Å². The van der Waals surface area contributed by atoms with Crippen LogP contribution in [0.25, 0.3) is 0 Å². The van der Waals surface area contributed by atoms with Gasteiger partial charge in [0.05, 0.1) is 6.61 Å². The summed E-state index contributed by atoms with van der Waals surface area (Å²) in [4.78, 5) is 2.34. The highest BCUT2D eigenvalue weighted by molar-refractivity contribution is 5.52. The third-order valence-corrected chi connectivity index (χ3v) is 2.65. The fraction of sp³-hybridized carbons (Fsp3) is 0.538. The molecule has 0 aliphatic carbocycles. The first-order valence-electron chi connectivity index (χ1n) is 5.79. The second-order valence-electron chi connectivity index (χ2n) is 3.91. The van der Waals surface area contributed by atoms with E-state index in [0.717, 1.165) is 32.7 Å². The molecule has 0 atom stereocenters. The normalized spacial score (nSPS) is 10.4. The van der Waals surface area contributed by atoms with E-state index in [4.69, 9.17) is 10.5 Å². The van der Waals surface area contributed by atoms with E-state index >= 15 is 0 Å². The van der Waals surface area contributed by atoms with Gasteiger partial charge in [-0.15, -0.1) is 0 Å². The SMILES string of the molecule is COCCN(CCCN)c1ccccc1C. The zero-order chi connectivity index (χ0) is 11.8. The molecule has 3 heteroatoms. The molecule has 3 nitrogen and oxygen atoms in total. The zero-order valence-corrected chi connectivity index (χ0v) is 10.3. The molecule has 2 N–H and O–H groups in total. The number of nitrogens with zero attached hydrogens (tertiary/aromatic N) is 1. The van der Waals surface area contributed by atoms with Crippen molar-refractivity contribution in [2.24, 2.45) is 5.73 Å². The Balaban J connectivity index is 2.70. The number of para-hydroxylation sites is 1. The maximum Gasteiger partial charge on any atom is 0.0637 e. The van der Waals surface area contributed by atoms with Crippen LogP contribution in [0.3, 0.4) is 0 Å². The van der Waals surface area contributed by atoms with E-state index in [2.05, 4.69) is 36.1 Å². The van der Waals surface area contributed by atoms with Gasteiger partial charge in [-0.3, -0.25) is 0 Å². The van der Waals surface area contributed by atoms with Gasteiger partial charge in [-0.1, -0.05) is 18.2 Å². The smallest absolute Gasteiger partial charge is 0.0637 e. The first kappa shape index (κ1) is 13.0. The second kappa shape index (κ2) is 7.25. The molecule has 0 saturated carbocycles.